The van der Waals surface area contributed by atoms with E-state index in [1.807, 2.05) is 61.8 Å². The summed E-state index contributed by atoms with van der Waals surface area (Å²) in [7, 11) is 0. The number of nitriles is 1. The van der Waals surface area contributed by atoms with E-state index in [0.717, 1.165) is 45.9 Å². The van der Waals surface area contributed by atoms with Crippen LogP contribution in [0.4, 0.5) is 0 Å². The molecule has 0 aliphatic heterocycles. The summed E-state index contributed by atoms with van der Waals surface area (Å²) in [6.07, 6.45) is 7.07. The van der Waals surface area contributed by atoms with Crippen LogP contribution in [0.2, 0.25) is 0 Å². The van der Waals surface area contributed by atoms with E-state index in [4.69, 9.17) is 5.73 Å². The summed E-state index contributed by atoms with van der Waals surface area (Å²) < 4.78 is 1.79. The van der Waals surface area contributed by atoms with Gasteiger partial charge in [-0.05, 0) is 66.9 Å². The summed E-state index contributed by atoms with van der Waals surface area (Å²) in [5.74, 6) is 0.773. The van der Waals surface area contributed by atoms with Crippen LogP contribution in [-0.4, -0.2) is 26.3 Å². The molecule has 0 bridgehead atoms. The van der Waals surface area contributed by atoms with E-state index in [-0.39, 0.29) is 0 Å². The maximum Gasteiger partial charge on any atom is 0.153 e. The summed E-state index contributed by atoms with van der Waals surface area (Å²) in [6, 6.07) is 17.8. The van der Waals surface area contributed by atoms with Crippen molar-refractivity contribution < 1.29 is 0 Å². The SMILES string of the molecule is Cc1nn(-c2ccccn2)cc1Cc1cc(C#N)ccc1-c1ccc(CCN)cn1. The monoisotopic (exact) mass is 394 g/mol. The molecule has 0 saturated heterocycles. The molecule has 0 aliphatic carbocycles. The summed E-state index contributed by atoms with van der Waals surface area (Å²) in [6.45, 7) is 2.59. The van der Waals surface area contributed by atoms with Crippen LogP contribution in [0, 0.1) is 18.3 Å². The normalized spacial score (nSPS) is 10.7. The molecule has 1 aromatic carbocycles. The molecule has 0 spiro atoms. The predicted molar refractivity (Wildman–Crippen MR) is 116 cm³/mol. The molecule has 0 unspecified atom stereocenters. The average Bonchev–Trinajstić information content (AvgIpc) is 3.15. The zero-order chi connectivity index (χ0) is 20.9. The Labute approximate surface area is 175 Å². The molecule has 0 saturated carbocycles. The number of aromatic nitrogens is 4. The first kappa shape index (κ1) is 19.5. The number of nitrogens with zero attached hydrogens (tertiary/aromatic N) is 5. The molecule has 3 heterocycles. The number of aryl methyl sites for hydroxylation is 1. The fraction of sp³-hybridized carbons (Fsp3) is 0.167. The minimum absolute atomic E-state index is 0.600. The average molecular weight is 394 g/mol. The number of benzene rings is 1. The Kier molecular flexibility index (Phi) is 5.64. The van der Waals surface area contributed by atoms with Crippen LogP contribution >= 0.6 is 0 Å². The highest BCUT2D eigenvalue weighted by atomic mass is 15.3. The smallest absolute Gasteiger partial charge is 0.153 e. The van der Waals surface area contributed by atoms with Crippen molar-refractivity contribution in [1.82, 2.24) is 19.7 Å². The van der Waals surface area contributed by atoms with Gasteiger partial charge in [0.05, 0.1) is 23.0 Å². The zero-order valence-corrected chi connectivity index (χ0v) is 16.8. The number of hydrogen-bond donors (Lipinski definition) is 1. The Morgan fingerprint density at radius 2 is 1.97 bits per heavy atom. The Balaban J connectivity index is 1.70. The zero-order valence-electron chi connectivity index (χ0n) is 16.8. The molecule has 0 amide bonds. The molecule has 6 heteroatoms. The van der Waals surface area contributed by atoms with Crippen molar-refractivity contribution in [3.05, 3.63) is 95.1 Å². The number of rotatable bonds is 6. The molecule has 0 radical (unpaired) electrons. The molecular formula is C24H22N6. The molecule has 30 heavy (non-hydrogen) atoms. The second-order valence-corrected chi connectivity index (χ2v) is 7.12. The predicted octanol–water partition coefficient (Wildman–Crippen LogP) is 3.60. The van der Waals surface area contributed by atoms with Gasteiger partial charge in [0, 0.05) is 30.6 Å². The van der Waals surface area contributed by atoms with Gasteiger partial charge in [0.1, 0.15) is 0 Å². The van der Waals surface area contributed by atoms with Crippen LogP contribution in [0.5, 0.6) is 0 Å². The van der Waals surface area contributed by atoms with Crippen molar-refractivity contribution in [2.24, 2.45) is 5.73 Å². The van der Waals surface area contributed by atoms with Crippen LogP contribution in [0.25, 0.3) is 17.1 Å². The largest absolute Gasteiger partial charge is 0.330 e. The topological polar surface area (TPSA) is 93.4 Å². The number of pyridine rings is 2. The first-order valence-electron chi connectivity index (χ1n) is 9.83. The Bertz CT molecular complexity index is 1190. The molecule has 0 atom stereocenters. The third kappa shape index (κ3) is 4.12. The maximum atomic E-state index is 9.39. The van der Waals surface area contributed by atoms with Gasteiger partial charge in [0.25, 0.3) is 0 Å². The fourth-order valence-corrected chi connectivity index (χ4v) is 3.44. The molecule has 2 N–H and O–H groups in total. The Hall–Kier alpha value is -3.82. The van der Waals surface area contributed by atoms with Gasteiger partial charge in [-0.2, -0.15) is 10.4 Å². The van der Waals surface area contributed by atoms with Crippen molar-refractivity contribution in [2.75, 3.05) is 6.54 Å². The fourth-order valence-electron chi connectivity index (χ4n) is 3.44. The summed E-state index contributed by atoms with van der Waals surface area (Å²) in [5.41, 5.74) is 12.3. The van der Waals surface area contributed by atoms with Crippen molar-refractivity contribution in [1.29, 1.82) is 5.26 Å². The van der Waals surface area contributed by atoms with Crippen LogP contribution < -0.4 is 5.73 Å². The molecular weight excluding hydrogens is 372 g/mol. The lowest BCUT2D eigenvalue weighted by Gasteiger charge is -2.10. The van der Waals surface area contributed by atoms with Crippen molar-refractivity contribution >= 4 is 0 Å². The lowest BCUT2D eigenvalue weighted by atomic mass is 9.95. The van der Waals surface area contributed by atoms with Gasteiger partial charge in [-0.3, -0.25) is 4.98 Å². The molecule has 6 nitrogen and oxygen atoms in total. The van der Waals surface area contributed by atoms with Gasteiger partial charge in [-0.15, -0.1) is 0 Å². The molecule has 148 valence electrons. The van der Waals surface area contributed by atoms with Crippen LogP contribution in [0.1, 0.15) is 27.9 Å². The highest BCUT2D eigenvalue weighted by Crippen LogP contribution is 2.27. The van der Waals surface area contributed by atoms with Gasteiger partial charge >= 0.3 is 0 Å². The van der Waals surface area contributed by atoms with Crippen LogP contribution in [0.3, 0.4) is 0 Å². The van der Waals surface area contributed by atoms with E-state index in [1.54, 1.807) is 10.9 Å². The highest BCUT2D eigenvalue weighted by molar-refractivity contribution is 5.66. The summed E-state index contributed by atoms with van der Waals surface area (Å²) in [4.78, 5) is 9.00. The van der Waals surface area contributed by atoms with Gasteiger partial charge in [-0.1, -0.05) is 18.2 Å². The van der Waals surface area contributed by atoms with Crippen molar-refractivity contribution in [3.63, 3.8) is 0 Å². The Morgan fingerprint density at radius 1 is 1.07 bits per heavy atom. The third-order valence-corrected chi connectivity index (χ3v) is 5.03. The van der Waals surface area contributed by atoms with E-state index < -0.39 is 0 Å². The lowest BCUT2D eigenvalue weighted by molar-refractivity contribution is 0.832. The van der Waals surface area contributed by atoms with E-state index in [9.17, 15) is 5.26 Å². The van der Waals surface area contributed by atoms with E-state index in [0.29, 0.717) is 18.5 Å². The number of nitrogens with two attached hydrogens (primary N) is 1. The minimum atomic E-state index is 0.600. The summed E-state index contributed by atoms with van der Waals surface area (Å²) in [5, 5.41) is 14.0. The molecule has 0 aliphatic rings. The van der Waals surface area contributed by atoms with Crippen molar-refractivity contribution in [2.45, 2.75) is 19.8 Å². The Morgan fingerprint density at radius 3 is 2.67 bits per heavy atom. The molecule has 0 fully saturated rings. The van der Waals surface area contributed by atoms with Crippen LogP contribution in [-0.2, 0) is 12.8 Å². The second-order valence-electron chi connectivity index (χ2n) is 7.12. The van der Waals surface area contributed by atoms with Gasteiger partial charge < -0.3 is 5.73 Å². The van der Waals surface area contributed by atoms with E-state index >= 15 is 0 Å². The molecule has 4 aromatic rings. The van der Waals surface area contributed by atoms with E-state index in [2.05, 4.69) is 27.2 Å². The van der Waals surface area contributed by atoms with Gasteiger partial charge in [0.2, 0.25) is 0 Å². The van der Waals surface area contributed by atoms with Gasteiger partial charge in [-0.25, -0.2) is 9.67 Å². The quantitative estimate of drug-likeness (QED) is 0.539. The lowest BCUT2D eigenvalue weighted by Crippen LogP contribution is -2.03. The van der Waals surface area contributed by atoms with E-state index in [1.165, 1.54) is 0 Å². The van der Waals surface area contributed by atoms with Crippen LogP contribution in [0.15, 0.2) is 67.1 Å². The van der Waals surface area contributed by atoms with Crippen molar-refractivity contribution in [3.8, 4) is 23.1 Å². The standard InChI is InChI=1S/C24H22N6/c1-17-21(16-30(29-17)24-4-2-3-11-27-24)13-20-12-19(14-26)5-7-22(20)23-8-6-18(9-10-25)15-28-23/h2-8,11-12,15-16H,9-10,13,25H2,1H3. The molecule has 3 aromatic heterocycles. The second kappa shape index (κ2) is 8.68. The first-order chi connectivity index (χ1) is 14.7. The maximum absolute atomic E-state index is 9.39. The minimum Gasteiger partial charge on any atom is -0.330 e. The first-order valence-corrected chi connectivity index (χ1v) is 9.83. The highest BCUT2D eigenvalue weighted by Gasteiger charge is 2.13. The third-order valence-electron chi connectivity index (χ3n) is 5.03. The number of hydrogen-bond acceptors (Lipinski definition) is 5. The summed E-state index contributed by atoms with van der Waals surface area (Å²) >= 11 is 0. The van der Waals surface area contributed by atoms with Gasteiger partial charge in [0.15, 0.2) is 5.82 Å². The molecule has 4 rings (SSSR count).